The third kappa shape index (κ3) is 6.33. The van der Waals surface area contributed by atoms with Gasteiger partial charge in [0, 0.05) is 30.7 Å². The second-order valence-corrected chi connectivity index (χ2v) is 12.4. The van der Waals surface area contributed by atoms with Crippen LogP contribution in [0.2, 0.25) is 0 Å². The van der Waals surface area contributed by atoms with Gasteiger partial charge in [0.05, 0.1) is 13.2 Å². The largest absolute Gasteiger partial charge is 0.523 e. The van der Waals surface area contributed by atoms with Gasteiger partial charge in [0.15, 0.2) is 0 Å². The van der Waals surface area contributed by atoms with E-state index in [1.54, 1.807) is 12.1 Å². The fourth-order valence-corrected chi connectivity index (χ4v) is 9.34. The molecule has 1 aromatic carbocycles. The quantitative estimate of drug-likeness (QED) is 0.441. The summed E-state index contributed by atoms with van der Waals surface area (Å²) < 4.78 is 67.5. The number of rotatable bonds is 8. The zero-order valence-corrected chi connectivity index (χ0v) is 18.8. The minimum absolute atomic E-state index is 0.210. The molecule has 0 spiro atoms. The van der Waals surface area contributed by atoms with Gasteiger partial charge in [-0.15, -0.1) is 10.3 Å². The number of hydrogen-bond donors (Lipinski definition) is 2. The highest BCUT2D eigenvalue weighted by Gasteiger charge is 2.51. The summed E-state index contributed by atoms with van der Waals surface area (Å²) in [6, 6.07) is 3.28. The molecule has 1 aromatic rings. The van der Waals surface area contributed by atoms with Crippen molar-refractivity contribution >= 4 is 68.2 Å². The first-order valence-corrected chi connectivity index (χ1v) is 12.4. The van der Waals surface area contributed by atoms with Gasteiger partial charge in [0.1, 0.15) is 0 Å². The van der Waals surface area contributed by atoms with E-state index >= 15 is 0 Å². The van der Waals surface area contributed by atoms with Crippen molar-refractivity contribution < 1.29 is 35.4 Å². The highest BCUT2D eigenvalue weighted by molar-refractivity contribution is 9.11. The van der Waals surface area contributed by atoms with Gasteiger partial charge in [0.25, 0.3) is 0 Å². The normalized spacial score (nSPS) is 13.9. The van der Waals surface area contributed by atoms with Gasteiger partial charge < -0.3 is 10.2 Å². The average molecular weight is 599 g/mol. The van der Waals surface area contributed by atoms with Crippen LogP contribution in [0.1, 0.15) is 5.56 Å². The Balaban J connectivity index is 3.38. The van der Waals surface area contributed by atoms with Gasteiger partial charge in [-0.3, -0.25) is 0 Å². The van der Waals surface area contributed by atoms with Gasteiger partial charge in [-0.05, 0) is 17.7 Å². The first kappa shape index (κ1) is 23.7. The fourth-order valence-electron chi connectivity index (χ4n) is 1.87. The summed E-state index contributed by atoms with van der Waals surface area (Å²) in [6.07, 6.45) is 0. The Bertz CT molecular complexity index is 683. The van der Waals surface area contributed by atoms with Crippen molar-refractivity contribution in [3.05, 3.63) is 31.1 Å². The summed E-state index contributed by atoms with van der Waals surface area (Å²) in [7, 11) is -8.91. The molecule has 0 fully saturated rings. The van der Waals surface area contributed by atoms with Crippen molar-refractivity contribution in [3.8, 4) is 0 Å². The third-order valence-electron chi connectivity index (χ3n) is 2.96. The van der Waals surface area contributed by atoms with E-state index in [1.165, 1.54) is 0 Å². The molecule has 0 aliphatic carbocycles. The molecule has 25 heavy (non-hydrogen) atoms. The van der Waals surface area contributed by atoms with Gasteiger partial charge in [-0.25, -0.2) is 3.63 Å². The van der Waals surface area contributed by atoms with Crippen molar-refractivity contribution in [2.75, 3.05) is 24.7 Å². The molecule has 0 heterocycles. The molecule has 5 nitrogen and oxygen atoms in total. The topological polar surface area (TPSA) is 83.8 Å². The summed E-state index contributed by atoms with van der Waals surface area (Å²) >= 11 is 9.80. The Kier molecular flexibility index (Phi) is 8.73. The highest BCUT2D eigenvalue weighted by atomic mass is 79.9. The Morgan fingerprint density at radius 1 is 1.00 bits per heavy atom. The van der Waals surface area contributed by atoms with Crippen LogP contribution in [0.4, 0.5) is 13.2 Å². The van der Waals surface area contributed by atoms with E-state index in [0.29, 0.717) is 19.0 Å². The molecule has 0 saturated heterocycles. The number of hydrogen-bond acceptors (Lipinski definition) is 5. The Labute approximate surface area is 170 Å². The molecule has 0 unspecified atom stereocenters. The maximum Gasteiger partial charge on any atom is 0.523 e. The van der Waals surface area contributed by atoms with Crippen molar-refractivity contribution in [1.82, 2.24) is 0 Å². The Morgan fingerprint density at radius 3 is 1.80 bits per heavy atom. The van der Waals surface area contributed by atoms with Crippen LogP contribution in [-0.4, -0.2) is 48.9 Å². The van der Waals surface area contributed by atoms with E-state index in [-0.39, 0.29) is 17.3 Å². The van der Waals surface area contributed by atoms with E-state index in [0.717, 1.165) is 0 Å². The summed E-state index contributed by atoms with van der Waals surface area (Å²) in [5.41, 5.74) is -5.12. The van der Waals surface area contributed by atoms with E-state index < -0.39 is 39.1 Å². The average Bonchev–Trinajstić information content (AvgIpc) is 2.41. The lowest BCUT2D eigenvalue weighted by atomic mass is 10.2. The molecule has 2 N–H and O–H groups in total. The predicted octanol–water partition coefficient (Wildman–Crippen LogP) is 4.04. The van der Waals surface area contributed by atoms with Crippen LogP contribution in [0.3, 0.4) is 0 Å². The minimum Gasteiger partial charge on any atom is -0.395 e. The van der Waals surface area contributed by atoms with Crippen LogP contribution in [0.25, 0.3) is 0 Å². The molecular weight excluding hydrogens is 585 g/mol. The summed E-state index contributed by atoms with van der Waals surface area (Å²) in [4.78, 5) is 0. The van der Waals surface area contributed by atoms with E-state index in [1.807, 2.05) is 0 Å². The number of alkyl halides is 3. The third-order valence-corrected chi connectivity index (χ3v) is 9.94. The molecule has 0 aromatic heterocycles. The molecule has 1 rings (SSSR count). The number of benzene rings is 1. The van der Waals surface area contributed by atoms with Gasteiger partial charge >= 0.3 is 15.6 Å². The maximum atomic E-state index is 12.7. The van der Waals surface area contributed by atoms with E-state index in [2.05, 4.69) is 51.4 Å². The SMILES string of the molecule is O=S(=O)(OS(CCO)(CCO)Cc1c(Br)cc(Br)cc1Br)C(F)(F)F. The van der Waals surface area contributed by atoms with E-state index in [4.69, 9.17) is 0 Å². The van der Waals surface area contributed by atoms with Crippen LogP contribution in [0.15, 0.2) is 25.6 Å². The van der Waals surface area contributed by atoms with Crippen molar-refractivity contribution in [2.24, 2.45) is 0 Å². The standard InChI is InChI=1S/C12H14Br3F3O5S2/c13-8-5-10(14)9(11(15)6-8)7-24(3-1-19,4-2-20)23-25(21,22)12(16,17)18/h5-6,19-20H,1-4,7H2. The molecule has 13 heteroatoms. The molecule has 0 atom stereocenters. The summed E-state index contributed by atoms with van der Waals surface area (Å²) in [5, 5.41) is 18.5. The lowest BCUT2D eigenvalue weighted by Crippen LogP contribution is -2.31. The van der Waals surface area contributed by atoms with Crippen LogP contribution >= 0.6 is 58.1 Å². The fraction of sp³-hybridized carbons (Fsp3) is 0.500. The van der Waals surface area contributed by atoms with Crippen molar-refractivity contribution in [3.63, 3.8) is 0 Å². The minimum atomic E-state index is -5.88. The second-order valence-electron chi connectivity index (χ2n) is 4.78. The highest BCUT2D eigenvalue weighted by Crippen LogP contribution is 2.56. The lowest BCUT2D eigenvalue weighted by molar-refractivity contribution is -0.0496. The number of aliphatic hydroxyl groups is 2. The molecule has 0 radical (unpaired) electrons. The number of aliphatic hydroxyl groups excluding tert-OH is 2. The Morgan fingerprint density at radius 2 is 1.44 bits per heavy atom. The molecule has 146 valence electrons. The molecule has 0 bridgehead atoms. The molecule has 0 saturated carbocycles. The molecular formula is C12H14Br3F3O5S2. The van der Waals surface area contributed by atoms with Gasteiger partial charge in [-0.2, -0.15) is 21.6 Å². The van der Waals surface area contributed by atoms with Crippen molar-refractivity contribution in [1.29, 1.82) is 0 Å². The van der Waals surface area contributed by atoms with Gasteiger partial charge in [0.2, 0.25) is 0 Å². The number of halogens is 6. The lowest BCUT2D eigenvalue weighted by Gasteiger charge is -2.38. The maximum absolute atomic E-state index is 12.7. The first-order chi connectivity index (χ1) is 11.4. The summed E-state index contributed by atoms with van der Waals surface area (Å²) in [5.74, 6) is -0.881. The Hall–Kier alpha value is 0.630. The first-order valence-electron chi connectivity index (χ1n) is 6.51. The predicted molar refractivity (Wildman–Crippen MR) is 101 cm³/mol. The summed E-state index contributed by atoms with van der Waals surface area (Å²) in [6.45, 7) is -1.18. The zero-order chi connectivity index (χ0) is 19.5. The zero-order valence-electron chi connectivity index (χ0n) is 12.4. The van der Waals surface area contributed by atoms with Crippen LogP contribution < -0.4 is 0 Å². The second kappa shape index (κ2) is 9.22. The van der Waals surface area contributed by atoms with Crippen molar-refractivity contribution in [2.45, 2.75) is 11.3 Å². The van der Waals surface area contributed by atoms with E-state index in [9.17, 15) is 31.8 Å². The molecule has 0 amide bonds. The monoisotopic (exact) mass is 596 g/mol. The smallest absolute Gasteiger partial charge is 0.395 e. The van der Waals surface area contributed by atoms with Crippen LogP contribution in [0.5, 0.6) is 0 Å². The molecule has 0 aliphatic heterocycles. The molecule has 0 aliphatic rings. The van der Waals surface area contributed by atoms with Crippen LogP contribution in [-0.2, 0) is 19.5 Å². The van der Waals surface area contributed by atoms with Gasteiger partial charge in [-0.1, -0.05) is 47.8 Å². The van der Waals surface area contributed by atoms with Crippen LogP contribution in [0, 0.1) is 0 Å².